The van der Waals surface area contributed by atoms with Crippen molar-refractivity contribution in [3.8, 4) is 0 Å². The topological polar surface area (TPSA) is 78.9 Å². The van der Waals surface area contributed by atoms with E-state index in [1.54, 1.807) is 0 Å². The summed E-state index contributed by atoms with van der Waals surface area (Å²) in [6.07, 6.45) is 86.7. The molecule has 0 aliphatic rings. The quantitative estimate of drug-likeness (QED) is 0.0261. The van der Waals surface area contributed by atoms with E-state index in [1.165, 1.54) is 250 Å². The molecule has 0 N–H and O–H groups in total. The number of ether oxygens (including phenoxy) is 3. The summed E-state index contributed by atoms with van der Waals surface area (Å²) in [5.41, 5.74) is 0. The van der Waals surface area contributed by atoms with Crippen molar-refractivity contribution in [2.45, 2.75) is 374 Å². The van der Waals surface area contributed by atoms with E-state index in [9.17, 15) is 14.4 Å². The Morgan fingerprint density at radius 2 is 0.456 bits per heavy atom. The van der Waals surface area contributed by atoms with E-state index < -0.39 is 6.10 Å². The third-order valence-corrected chi connectivity index (χ3v) is 15.5. The van der Waals surface area contributed by atoms with Crippen molar-refractivity contribution in [1.29, 1.82) is 0 Å². The first-order valence-electron chi connectivity index (χ1n) is 34.8. The first-order chi connectivity index (χ1) is 39.0. The van der Waals surface area contributed by atoms with Gasteiger partial charge in [0.1, 0.15) is 13.2 Å². The number of allylic oxidation sites excluding steroid dienone is 10. The van der Waals surface area contributed by atoms with Gasteiger partial charge in [-0.2, -0.15) is 0 Å². The molecule has 0 aliphatic heterocycles. The summed E-state index contributed by atoms with van der Waals surface area (Å²) in [6, 6.07) is 0. The van der Waals surface area contributed by atoms with E-state index in [0.29, 0.717) is 19.3 Å². The second-order valence-corrected chi connectivity index (χ2v) is 23.4. The lowest BCUT2D eigenvalue weighted by molar-refractivity contribution is -0.167. The Morgan fingerprint density at radius 1 is 0.253 bits per heavy atom. The molecule has 0 amide bonds. The highest BCUT2D eigenvalue weighted by molar-refractivity contribution is 5.71. The zero-order valence-corrected chi connectivity index (χ0v) is 52.9. The van der Waals surface area contributed by atoms with Crippen LogP contribution in [0.25, 0.3) is 0 Å². The Bertz CT molecular complexity index is 1410. The Hall–Kier alpha value is -2.89. The highest BCUT2D eigenvalue weighted by Crippen LogP contribution is 2.17. The molecule has 0 aliphatic carbocycles. The summed E-state index contributed by atoms with van der Waals surface area (Å²) >= 11 is 0. The van der Waals surface area contributed by atoms with Crippen molar-refractivity contribution in [3.63, 3.8) is 0 Å². The van der Waals surface area contributed by atoms with Gasteiger partial charge in [-0.15, -0.1) is 0 Å². The van der Waals surface area contributed by atoms with Crippen LogP contribution in [0.3, 0.4) is 0 Å². The van der Waals surface area contributed by atoms with E-state index in [0.717, 1.165) is 77.0 Å². The van der Waals surface area contributed by atoms with Crippen LogP contribution in [-0.4, -0.2) is 37.2 Å². The van der Waals surface area contributed by atoms with E-state index in [-0.39, 0.29) is 31.1 Å². The summed E-state index contributed by atoms with van der Waals surface area (Å²) in [4.78, 5) is 38.4. The Kier molecular flexibility index (Phi) is 65.1. The van der Waals surface area contributed by atoms with E-state index >= 15 is 0 Å². The average Bonchev–Trinajstić information content (AvgIpc) is 3.45. The van der Waals surface area contributed by atoms with Crippen molar-refractivity contribution in [2.24, 2.45) is 0 Å². The minimum Gasteiger partial charge on any atom is -0.462 e. The summed E-state index contributed by atoms with van der Waals surface area (Å²) < 4.78 is 17.0. The van der Waals surface area contributed by atoms with Gasteiger partial charge in [-0.25, -0.2) is 0 Å². The molecule has 0 radical (unpaired) electrons. The largest absolute Gasteiger partial charge is 0.462 e. The summed E-state index contributed by atoms with van der Waals surface area (Å²) in [5.74, 6) is -0.867. The second-order valence-electron chi connectivity index (χ2n) is 23.4. The molecule has 0 aromatic rings. The molecule has 6 nitrogen and oxygen atoms in total. The van der Waals surface area contributed by atoms with Gasteiger partial charge in [-0.1, -0.05) is 300 Å². The first-order valence-corrected chi connectivity index (χ1v) is 34.8. The fourth-order valence-electron chi connectivity index (χ4n) is 10.2. The molecule has 0 rings (SSSR count). The Balaban J connectivity index is 4.28. The molecule has 0 bridgehead atoms. The van der Waals surface area contributed by atoms with Gasteiger partial charge in [0, 0.05) is 19.3 Å². The molecule has 0 saturated carbocycles. The van der Waals surface area contributed by atoms with Crippen molar-refractivity contribution in [3.05, 3.63) is 60.8 Å². The van der Waals surface area contributed by atoms with E-state index in [2.05, 4.69) is 81.5 Å². The number of esters is 3. The number of carbonyl (C=O) groups excluding carboxylic acids is 3. The van der Waals surface area contributed by atoms with Gasteiger partial charge < -0.3 is 14.2 Å². The molecule has 1 atom stereocenters. The smallest absolute Gasteiger partial charge is 0.306 e. The van der Waals surface area contributed by atoms with Crippen molar-refractivity contribution in [1.82, 2.24) is 0 Å². The fraction of sp³-hybridized carbons (Fsp3) is 0.822. The highest BCUT2D eigenvalue weighted by Gasteiger charge is 2.19. The molecule has 1 unspecified atom stereocenters. The van der Waals surface area contributed by atoms with Crippen LogP contribution in [0.2, 0.25) is 0 Å². The molecule has 460 valence electrons. The van der Waals surface area contributed by atoms with Crippen LogP contribution in [0.4, 0.5) is 0 Å². The van der Waals surface area contributed by atoms with Crippen LogP contribution < -0.4 is 0 Å². The van der Waals surface area contributed by atoms with Crippen LogP contribution in [0.15, 0.2) is 60.8 Å². The SMILES string of the molecule is CCCCC/C=C\C/C=C\CCCCCCCCCC(=O)OC(COC(=O)CCCCCCCCC/C=C\CCCCCCCC)COC(=O)CCCCCCCCCCCCCCCCC/C=C\C/C=C\CCCCCCC. The molecule has 0 fully saturated rings. The normalized spacial score (nSPS) is 12.4. The number of hydrogen-bond donors (Lipinski definition) is 0. The van der Waals surface area contributed by atoms with E-state index in [1.807, 2.05) is 0 Å². The minimum absolute atomic E-state index is 0.0760. The van der Waals surface area contributed by atoms with Crippen molar-refractivity contribution in [2.75, 3.05) is 13.2 Å². The van der Waals surface area contributed by atoms with Gasteiger partial charge in [-0.3, -0.25) is 14.4 Å². The zero-order chi connectivity index (χ0) is 57.1. The molecule has 0 saturated heterocycles. The highest BCUT2D eigenvalue weighted by atomic mass is 16.6. The standard InChI is InChI=1S/C73H132O6/c1-4-7-10-13-16-19-22-25-28-31-32-33-34-35-36-37-38-39-40-43-45-48-51-54-57-60-63-66-72(75)78-69-70(79-73(76)67-64-61-58-55-52-49-46-42-30-27-24-21-18-15-12-9-6-3)68-77-71(74)65-62-59-56-53-50-47-44-41-29-26-23-20-17-14-11-8-5-2/h18,21-22,25-27,29-32,70H,4-17,19-20,23-24,28,33-69H2,1-3H3/b21-18-,25-22-,29-26-,30-27-,32-31-. The molecule has 6 heteroatoms. The minimum atomic E-state index is -0.781. The number of unbranched alkanes of at least 4 members (excludes halogenated alkanes) is 43. The number of carbonyl (C=O) groups is 3. The van der Waals surface area contributed by atoms with Gasteiger partial charge in [0.25, 0.3) is 0 Å². The molecule has 79 heavy (non-hydrogen) atoms. The number of rotatable bonds is 64. The Labute approximate surface area is 491 Å². The van der Waals surface area contributed by atoms with Crippen LogP contribution in [0.1, 0.15) is 367 Å². The third-order valence-electron chi connectivity index (χ3n) is 15.5. The third kappa shape index (κ3) is 65.8. The van der Waals surface area contributed by atoms with Crippen LogP contribution in [-0.2, 0) is 28.6 Å². The van der Waals surface area contributed by atoms with Crippen LogP contribution in [0, 0.1) is 0 Å². The monoisotopic (exact) mass is 1110 g/mol. The van der Waals surface area contributed by atoms with Crippen LogP contribution in [0.5, 0.6) is 0 Å². The zero-order valence-electron chi connectivity index (χ0n) is 52.9. The lowest BCUT2D eigenvalue weighted by atomic mass is 10.0. The fourth-order valence-corrected chi connectivity index (χ4v) is 10.2. The molecule has 0 aromatic heterocycles. The number of hydrogen-bond acceptors (Lipinski definition) is 6. The molecular formula is C73H132O6. The van der Waals surface area contributed by atoms with Gasteiger partial charge in [-0.05, 0) is 109 Å². The van der Waals surface area contributed by atoms with Crippen molar-refractivity contribution < 1.29 is 28.6 Å². The maximum atomic E-state index is 12.9. The molecular weight excluding hydrogens is 973 g/mol. The maximum Gasteiger partial charge on any atom is 0.306 e. The van der Waals surface area contributed by atoms with Gasteiger partial charge in [0.2, 0.25) is 0 Å². The predicted octanol–water partition coefficient (Wildman–Crippen LogP) is 23.9. The summed E-state index contributed by atoms with van der Waals surface area (Å²) in [7, 11) is 0. The molecule has 0 heterocycles. The maximum absolute atomic E-state index is 12.9. The summed E-state index contributed by atoms with van der Waals surface area (Å²) in [5, 5.41) is 0. The van der Waals surface area contributed by atoms with Gasteiger partial charge in [0.05, 0.1) is 0 Å². The predicted molar refractivity (Wildman–Crippen MR) is 344 cm³/mol. The Morgan fingerprint density at radius 3 is 0.734 bits per heavy atom. The van der Waals surface area contributed by atoms with Crippen LogP contribution >= 0.6 is 0 Å². The van der Waals surface area contributed by atoms with Gasteiger partial charge in [0.15, 0.2) is 6.10 Å². The first kappa shape index (κ1) is 76.1. The van der Waals surface area contributed by atoms with Crippen molar-refractivity contribution >= 4 is 17.9 Å². The summed E-state index contributed by atoms with van der Waals surface area (Å²) in [6.45, 7) is 6.65. The van der Waals surface area contributed by atoms with E-state index in [4.69, 9.17) is 14.2 Å². The average molecular weight is 1110 g/mol. The second kappa shape index (κ2) is 67.6. The molecule has 0 aromatic carbocycles. The lowest BCUT2D eigenvalue weighted by Crippen LogP contribution is -2.30. The molecule has 0 spiro atoms. The van der Waals surface area contributed by atoms with Gasteiger partial charge >= 0.3 is 17.9 Å². The lowest BCUT2D eigenvalue weighted by Gasteiger charge is -2.18.